The van der Waals surface area contributed by atoms with Crippen LogP contribution in [0, 0.1) is 80.9 Å². The summed E-state index contributed by atoms with van der Waals surface area (Å²) in [6, 6.07) is 0. The molecule has 0 saturated heterocycles. The lowest BCUT2D eigenvalue weighted by atomic mass is 9.78. The van der Waals surface area contributed by atoms with Crippen molar-refractivity contribution in [2.24, 2.45) is 0 Å². The molecular formula is C73H149N15O27. The van der Waals surface area contributed by atoms with Crippen LogP contribution in [-0.2, 0) is 0 Å². The first kappa shape index (κ1) is 112. The maximum atomic E-state index is 11.6. The van der Waals surface area contributed by atoms with Gasteiger partial charge in [-0.05, 0) is 92.6 Å². The summed E-state index contributed by atoms with van der Waals surface area (Å²) in [5.41, 5.74) is -8.95. The third kappa shape index (κ3) is 47.2. The number of hydrogen-bond donors (Lipinski definition) is 13. The summed E-state index contributed by atoms with van der Waals surface area (Å²) < 4.78 is 0. The quantitative estimate of drug-likeness (QED) is 0.0236. The molecule has 0 aromatic rings. The molecule has 3 saturated carbocycles. The molecule has 3 rings (SSSR count). The van der Waals surface area contributed by atoms with Gasteiger partial charge in [-0.1, -0.05) is 19.3 Å². The van der Waals surface area contributed by atoms with Crippen LogP contribution >= 0.6 is 0 Å². The van der Waals surface area contributed by atoms with Crippen molar-refractivity contribution in [1.29, 1.82) is 0 Å². The standard InChI is InChI=1S/C22H42N4O6.C16H34N4O6.C14H29N3O7.C12H24N2O4.C9H20N2O4/c1-23(17-19(27)15-21(25(29)30)9-5-3-6-10-21)13-14-24(2)18-20(28)16-22(26(31)32)11-7-4-8-12-22;1-15(2,19(23)24)9-13(21)11-17(5)7-8-18(6)12-14(22)10-16(3,4)20(25)26;1-13(2,16(21)22)7-11(19)9-15(5-6-18)10-12(20)8-14(3,4)17(23)24;15-8-4-7-13-10-11(16)9-12(14(17)18)5-2-1-3-6-12;1-9(2,11(14)15)6-8(13)7-10-4-3-5-12/h19-20,27-28H,3-18H2,1-2H3;13-14,21-22H,7-12H2,1-6H3;11-12,18-20H,5-10H2,1-4H3;11,13,15-16H,1-10H2;8,10,12-13H,3-7H2,1-2H3. The van der Waals surface area contributed by atoms with Crippen LogP contribution in [0.1, 0.15) is 230 Å². The van der Waals surface area contributed by atoms with Crippen LogP contribution < -0.4 is 10.6 Å². The third-order valence-corrected chi connectivity index (χ3v) is 21.5. The molecule has 3 fully saturated rings. The van der Waals surface area contributed by atoms with E-state index in [1.165, 1.54) is 69.2 Å². The molecule has 0 aromatic carbocycles. The molecule has 678 valence electrons. The Morgan fingerprint density at radius 2 is 0.530 bits per heavy atom. The lowest BCUT2D eigenvalue weighted by Gasteiger charge is -2.33. The molecule has 115 heavy (non-hydrogen) atoms. The lowest BCUT2D eigenvalue weighted by Crippen LogP contribution is -2.47. The van der Waals surface area contributed by atoms with Gasteiger partial charge in [0.15, 0.2) is 0 Å². The molecule has 0 bridgehead atoms. The predicted molar refractivity (Wildman–Crippen MR) is 431 cm³/mol. The van der Waals surface area contributed by atoms with Gasteiger partial charge in [0.25, 0.3) is 0 Å². The molecule has 42 heteroatoms. The molecule has 0 radical (unpaired) electrons. The Morgan fingerprint density at radius 1 is 0.313 bits per heavy atom. The minimum atomic E-state index is -1.30. The number of nitrogens with one attached hydrogen (secondary N) is 2. The summed E-state index contributed by atoms with van der Waals surface area (Å²) in [6.45, 7) is 20.4. The van der Waals surface area contributed by atoms with Crippen molar-refractivity contribution in [2.75, 3.05) is 146 Å². The normalized spacial score (nSPS) is 18.0. The van der Waals surface area contributed by atoms with Crippen LogP contribution in [0.25, 0.3) is 0 Å². The zero-order chi connectivity index (χ0) is 88.9. The van der Waals surface area contributed by atoms with Gasteiger partial charge in [-0.15, -0.1) is 0 Å². The van der Waals surface area contributed by atoms with E-state index in [2.05, 4.69) is 10.6 Å². The summed E-state index contributed by atoms with van der Waals surface area (Å²) in [5.74, 6) is 0. The number of nitrogens with zero attached hydrogens (tertiary/aromatic N) is 13. The van der Waals surface area contributed by atoms with Crippen molar-refractivity contribution in [3.05, 3.63) is 80.9 Å². The summed E-state index contributed by atoms with van der Waals surface area (Å²) in [7, 11) is 7.36. The molecule has 13 N–H and O–H groups in total. The van der Waals surface area contributed by atoms with Crippen molar-refractivity contribution in [2.45, 2.75) is 323 Å². The number of aliphatic hydroxyl groups is 11. The largest absolute Gasteiger partial charge is 0.396 e. The van der Waals surface area contributed by atoms with Gasteiger partial charge in [-0.25, -0.2) is 0 Å². The Labute approximate surface area is 678 Å². The van der Waals surface area contributed by atoms with Crippen molar-refractivity contribution >= 4 is 0 Å². The first-order valence-corrected chi connectivity index (χ1v) is 40.4. The molecule has 42 nitrogen and oxygen atoms in total. The van der Waals surface area contributed by atoms with Crippen LogP contribution in [0.4, 0.5) is 0 Å². The van der Waals surface area contributed by atoms with Gasteiger partial charge in [-0.2, -0.15) is 0 Å². The number of aliphatic hydroxyl groups excluding tert-OH is 11. The van der Waals surface area contributed by atoms with E-state index in [-0.39, 0.29) is 111 Å². The Balaban J connectivity index is 0. The van der Waals surface area contributed by atoms with Gasteiger partial charge >= 0.3 is 0 Å². The van der Waals surface area contributed by atoms with E-state index in [4.69, 9.17) is 15.3 Å². The van der Waals surface area contributed by atoms with Crippen LogP contribution in [-0.4, -0.2) is 359 Å². The molecule has 0 aromatic heterocycles. The first-order valence-electron chi connectivity index (χ1n) is 40.4. The Kier molecular flexibility index (Phi) is 53.7. The number of rotatable bonds is 54. The Hall–Kier alpha value is -5.52. The minimum Gasteiger partial charge on any atom is -0.396 e. The van der Waals surface area contributed by atoms with Crippen LogP contribution in [0.15, 0.2) is 0 Å². The third-order valence-electron chi connectivity index (χ3n) is 21.5. The molecule has 3 aliphatic rings. The van der Waals surface area contributed by atoms with Gasteiger partial charge in [0.1, 0.15) is 0 Å². The average Bonchev–Trinajstić information content (AvgIpc) is 0.830. The zero-order valence-electron chi connectivity index (χ0n) is 71.3. The number of hydrogen-bond acceptors (Lipinski definition) is 34. The van der Waals surface area contributed by atoms with Crippen LogP contribution in [0.5, 0.6) is 0 Å². The molecule has 0 spiro atoms. The van der Waals surface area contributed by atoms with E-state index in [1.807, 2.05) is 47.8 Å². The van der Waals surface area contributed by atoms with E-state index >= 15 is 0 Å². The molecule has 0 amide bonds. The molecule has 8 unspecified atom stereocenters. The lowest BCUT2D eigenvalue weighted by molar-refractivity contribution is -0.578. The van der Waals surface area contributed by atoms with Crippen molar-refractivity contribution in [3.63, 3.8) is 0 Å². The van der Waals surface area contributed by atoms with Gasteiger partial charge in [0, 0.05) is 297 Å². The topological polar surface area (TPSA) is 608 Å². The molecule has 0 aliphatic heterocycles. The summed E-state index contributed by atoms with van der Waals surface area (Å²) in [4.78, 5) is 95.2. The van der Waals surface area contributed by atoms with E-state index in [0.717, 1.165) is 57.8 Å². The van der Waals surface area contributed by atoms with Gasteiger partial charge in [0.2, 0.25) is 44.3 Å². The second-order valence-corrected chi connectivity index (χ2v) is 35.4. The summed E-state index contributed by atoms with van der Waals surface area (Å²) >= 11 is 0. The van der Waals surface area contributed by atoms with Gasteiger partial charge in [-0.3, -0.25) is 85.8 Å². The van der Waals surface area contributed by atoms with E-state index in [0.29, 0.717) is 130 Å². The monoisotopic (exact) mass is 1670 g/mol. The maximum Gasteiger partial charge on any atom is 0.224 e. The summed E-state index contributed by atoms with van der Waals surface area (Å²) in [5, 5.41) is 201. The maximum absolute atomic E-state index is 11.6. The average molecular weight is 1670 g/mol. The minimum absolute atomic E-state index is 0.0216. The number of likely N-dealkylation sites (N-methyl/N-ethyl adjacent to an activating group) is 4. The highest BCUT2D eigenvalue weighted by atomic mass is 16.7. The van der Waals surface area contributed by atoms with E-state index < -0.39 is 113 Å². The highest BCUT2D eigenvalue weighted by Gasteiger charge is 2.48. The van der Waals surface area contributed by atoms with Crippen molar-refractivity contribution in [3.8, 4) is 0 Å². The Morgan fingerprint density at radius 3 is 0.757 bits per heavy atom. The first-order chi connectivity index (χ1) is 53.1. The van der Waals surface area contributed by atoms with Crippen molar-refractivity contribution in [1.82, 2.24) is 35.1 Å². The van der Waals surface area contributed by atoms with Gasteiger partial charge < -0.3 is 86.4 Å². The fourth-order valence-corrected chi connectivity index (χ4v) is 14.5. The Bertz CT molecular complexity index is 2640. The predicted octanol–water partition coefficient (Wildman–Crippen LogP) is 3.12. The van der Waals surface area contributed by atoms with Crippen LogP contribution in [0.3, 0.4) is 0 Å². The second kappa shape index (κ2) is 55.3. The molecule has 0 heterocycles. The SMILES string of the molecule is CC(C)(CC(O)CN(CCO)CC(O)CC(C)(C)[N+](=O)[O-])[N+](=O)[O-].CC(C)(CC(O)CNCCCO)[N+](=O)[O-].CN(CCN(C)CC(O)CC(C)(C)[N+](=O)[O-])CC(O)CC(C)(C)[N+](=O)[O-].CN(CCN(C)CC(O)CC1([N+](=O)[O-])CCCCC1)CC(O)CC1([N+](=O)[O-])CCCCC1.O=[N+]([O-])C1(CC(O)CNCCCO)CCCCC1. The van der Waals surface area contributed by atoms with E-state index in [9.17, 15) is 122 Å². The highest BCUT2D eigenvalue weighted by Crippen LogP contribution is 2.38. The molecular weight excluding hydrogens is 1520 g/mol. The van der Waals surface area contributed by atoms with Crippen LogP contribution in [0.2, 0.25) is 0 Å². The fraction of sp³-hybridized carbons (Fsp3) is 1.00. The highest BCUT2D eigenvalue weighted by molar-refractivity contribution is 4.90. The van der Waals surface area contributed by atoms with Crippen molar-refractivity contribution < 1.29 is 95.6 Å². The van der Waals surface area contributed by atoms with Gasteiger partial charge in [0.05, 0.1) is 55.4 Å². The zero-order valence-corrected chi connectivity index (χ0v) is 71.3. The second-order valence-electron chi connectivity index (χ2n) is 35.4. The number of nitro groups is 8. The van der Waals surface area contributed by atoms with E-state index in [1.54, 1.807) is 4.90 Å². The summed E-state index contributed by atoms with van der Waals surface area (Å²) in [6.07, 6.45) is 6.84. The molecule has 3 aliphatic carbocycles. The molecule has 8 atom stereocenters. The smallest absolute Gasteiger partial charge is 0.224 e. The fourth-order valence-electron chi connectivity index (χ4n) is 14.5.